The van der Waals surface area contributed by atoms with Crippen LogP contribution in [-0.2, 0) is 0 Å². The second-order valence-corrected chi connectivity index (χ2v) is 3.51. The first-order chi connectivity index (χ1) is 6.77. The van der Waals surface area contributed by atoms with Crippen LogP contribution < -0.4 is 4.52 Å². The van der Waals surface area contributed by atoms with Crippen LogP contribution >= 0.6 is 8.60 Å². The molecular formula is C10H9O3P. The number of fused-ring (bicyclic) bond motifs is 1. The van der Waals surface area contributed by atoms with E-state index in [0.717, 1.165) is 10.8 Å². The third-order valence-electron chi connectivity index (χ3n) is 1.93. The van der Waals surface area contributed by atoms with Gasteiger partial charge >= 0.3 is 8.60 Å². The molecule has 0 fully saturated rings. The molecule has 2 aromatic rings. The molecule has 0 bridgehead atoms. The molecule has 0 aliphatic heterocycles. The highest BCUT2D eigenvalue weighted by Gasteiger charge is 2.05. The quantitative estimate of drug-likeness (QED) is 0.745. The van der Waals surface area contributed by atoms with Crippen molar-refractivity contribution in [1.82, 2.24) is 0 Å². The maximum Gasteiger partial charge on any atom is 0.391 e. The lowest BCUT2D eigenvalue weighted by molar-refractivity contribution is 0.377. The summed E-state index contributed by atoms with van der Waals surface area (Å²) in [6.45, 7) is 0. The van der Waals surface area contributed by atoms with Gasteiger partial charge in [0.05, 0.1) is 0 Å². The maximum atomic E-state index is 8.76. The Kier molecular flexibility index (Phi) is 2.64. The van der Waals surface area contributed by atoms with Crippen LogP contribution in [0, 0.1) is 0 Å². The zero-order chi connectivity index (χ0) is 9.97. The van der Waals surface area contributed by atoms with E-state index in [1.165, 1.54) is 0 Å². The third-order valence-corrected chi connectivity index (χ3v) is 2.29. The Morgan fingerprint density at radius 3 is 2.43 bits per heavy atom. The van der Waals surface area contributed by atoms with E-state index in [0.29, 0.717) is 5.75 Å². The summed E-state index contributed by atoms with van der Waals surface area (Å²) in [7, 11) is -2.35. The average Bonchev–Trinajstić information content (AvgIpc) is 2.18. The van der Waals surface area contributed by atoms with Gasteiger partial charge in [-0.15, -0.1) is 0 Å². The predicted molar refractivity (Wildman–Crippen MR) is 55.9 cm³/mol. The summed E-state index contributed by atoms with van der Waals surface area (Å²) < 4.78 is 4.90. The molecule has 2 aromatic carbocycles. The van der Waals surface area contributed by atoms with E-state index in [-0.39, 0.29) is 0 Å². The fourth-order valence-electron chi connectivity index (χ4n) is 1.36. The third kappa shape index (κ3) is 1.85. The van der Waals surface area contributed by atoms with Crippen molar-refractivity contribution < 1.29 is 14.3 Å². The van der Waals surface area contributed by atoms with Gasteiger partial charge in [-0.05, 0) is 11.5 Å². The smallest absolute Gasteiger partial charge is 0.391 e. The predicted octanol–water partition coefficient (Wildman–Crippen LogP) is 2.43. The molecule has 0 atom stereocenters. The second kappa shape index (κ2) is 3.93. The van der Waals surface area contributed by atoms with Crippen LogP contribution in [0.3, 0.4) is 0 Å². The van der Waals surface area contributed by atoms with Crippen molar-refractivity contribution in [2.75, 3.05) is 0 Å². The zero-order valence-corrected chi connectivity index (χ0v) is 8.19. The Hall–Kier alpha value is -1.15. The highest BCUT2D eigenvalue weighted by atomic mass is 31.2. The van der Waals surface area contributed by atoms with Gasteiger partial charge in [0.1, 0.15) is 5.75 Å². The molecule has 0 aliphatic carbocycles. The number of hydrogen-bond donors (Lipinski definition) is 2. The molecule has 0 amide bonds. The molecule has 0 aromatic heterocycles. The van der Waals surface area contributed by atoms with Crippen LogP contribution in [-0.4, -0.2) is 9.79 Å². The van der Waals surface area contributed by atoms with E-state index in [1.54, 1.807) is 6.07 Å². The minimum atomic E-state index is -2.35. The van der Waals surface area contributed by atoms with Crippen LogP contribution in [0.15, 0.2) is 42.5 Å². The molecule has 0 spiro atoms. The van der Waals surface area contributed by atoms with Gasteiger partial charge in [0.2, 0.25) is 0 Å². The van der Waals surface area contributed by atoms with Crippen LogP contribution in [0.1, 0.15) is 0 Å². The van der Waals surface area contributed by atoms with Crippen molar-refractivity contribution >= 4 is 19.4 Å². The van der Waals surface area contributed by atoms with E-state index < -0.39 is 8.60 Å². The fraction of sp³-hybridized carbons (Fsp3) is 0. The van der Waals surface area contributed by atoms with Gasteiger partial charge in [-0.3, -0.25) is 0 Å². The van der Waals surface area contributed by atoms with Gasteiger partial charge in [-0.25, -0.2) is 0 Å². The number of hydrogen-bond acceptors (Lipinski definition) is 3. The Bertz CT molecular complexity index is 437. The standard InChI is InChI=1S/C10H9O3P/c11-14(12)13-10-7-3-5-8-4-1-2-6-9(8)10/h1-7,11-12H. The Labute approximate surface area is 82.6 Å². The highest BCUT2D eigenvalue weighted by molar-refractivity contribution is 7.39. The van der Waals surface area contributed by atoms with E-state index >= 15 is 0 Å². The molecule has 2 rings (SSSR count). The molecule has 72 valence electrons. The topological polar surface area (TPSA) is 49.7 Å². The monoisotopic (exact) mass is 208 g/mol. The zero-order valence-electron chi connectivity index (χ0n) is 7.29. The van der Waals surface area contributed by atoms with Gasteiger partial charge in [-0.2, -0.15) is 0 Å². The van der Waals surface area contributed by atoms with E-state index in [1.807, 2.05) is 36.4 Å². The van der Waals surface area contributed by atoms with E-state index in [9.17, 15) is 0 Å². The molecule has 0 unspecified atom stereocenters. The van der Waals surface area contributed by atoms with Gasteiger partial charge in [0, 0.05) is 5.39 Å². The van der Waals surface area contributed by atoms with Crippen molar-refractivity contribution in [3.8, 4) is 5.75 Å². The van der Waals surface area contributed by atoms with E-state index in [4.69, 9.17) is 14.3 Å². The molecule has 0 aliphatic rings. The first kappa shape index (κ1) is 9.41. The number of benzene rings is 2. The van der Waals surface area contributed by atoms with Crippen molar-refractivity contribution in [3.63, 3.8) is 0 Å². The minimum absolute atomic E-state index is 0.499. The van der Waals surface area contributed by atoms with Crippen LogP contribution in [0.5, 0.6) is 5.75 Å². The molecule has 3 nitrogen and oxygen atoms in total. The van der Waals surface area contributed by atoms with Crippen molar-refractivity contribution in [2.24, 2.45) is 0 Å². The fourth-order valence-corrected chi connectivity index (χ4v) is 1.70. The molecule has 0 heterocycles. The average molecular weight is 208 g/mol. The first-order valence-electron chi connectivity index (χ1n) is 4.11. The largest absolute Gasteiger partial charge is 0.426 e. The van der Waals surface area contributed by atoms with Gasteiger partial charge < -0.3 is 14.3 Å². The van der Waals surface area contributed by atoms with Crippen LogP contribution in [0.4, 0.5) is 0 Å². The molecule has 4 heteroatoms. The molecule has 14 heavy (non-hydrogen) atoms. The van der Waals surface area contributed by atoms with Crippen molar-refractivity contribution in [2.45, 2.75) is 0 Å². The van der Waals surface area contributed by atoms with E-state index in [2.05, 4.69) is 0 Å². The molecule has 2 N–H and O–H groups in total. The lowest BCUT2D eigenvalue weighted by Gasteiger charge is -2.07. The molecule has 0 radical (unpaired) electrons. The molecular weight excluding hydrogens is 199 g/mol. The highest BCUT2D eigenvalue weighted by Crippen LogP contribution is 2.34. The summed E-state index contributed by atoms with van der Waals surface area (Å²) >= 11 is 0. The summed E-state index contributed by atoms with van der Waals surface area (Å²) in [6.07, 6.45) is 0. The summed E-state index contributed by atoms with van der Waals surface area (Å²) in [5.74, 6) is 0.499. The SMILES string of the molecule is OP(O)Oc1cccc2ccccc12. The summed E-state index contributed by atoms with van der Waals surface area (Å²) in [6, 6.07) is 13.1. The number of rotatable bonds is 2. The van der Waals surface area contributed by atoms with Gasteiger partial charge in [0.15, 0.2) is 0 Å². The summed E-state index contributed by atoms with van der Waals surface area (Å²) in [5.41, 5.74) is 0. The lowest BCUT2D eigenvalue weighted by atomic mass is 10.1. The lowest BCUT2D eigenvalue weighted by Crippen LogP contribution is -1.86. The second-order valence-electron chi connectivity index (χ2n) is 2.82. The molecule has 0 saturated carbocycles. The minimum Gasteiger partial charge on any atom is -0.426 e. The Balaban J connectivity index is 2.53. The summed E-state index contributed by atoms with van der Waals surface area (Å²) in [4.78, 5) is 17.5. The molecule has 0 saturated heterocycles. The van der Waals surface area contributed by atoms with Crippen LogP contribution in [0.2, 0.25) is 0 Å². The Morgan fingerprint density at radius 1 is 0.929 bits per heavy atom. The van der Waals surface area contributed by atoms with Crippen molar-refractivity contribution in [3.05, 3.63) is 42.5 Å². The van der Waals surface area contributed by atoms with Gasteiger partial charge in [0.25, 0.3) is 0 Å². The summed E-state index contributed by atoms with van der Waals surface area (Å²) in [5, 5.41) is 1.90. The maximum absolute atomic E-state index is 8.76. The normalized spacial score (nSPS) is 10.8. The van der Waals surface area contributed by atoms with Crippen molar-refractivity contribution in [1.29, 1.82) is 0 Å². The first-order valence-corrected chi connectivity index (χ1v) is 5.27. The van der Waals surface area contributed by atoms with Gasteiger partial charge in [-0.1, -0.05) is 36.4 Å². The van der Waals surface area contributed by atoms with Crippen LogP contribution in [0.25, 0.3) is 10.8 Å². The Morgan fingerprint density at radius 2 is 1.64 bits per heavy atom.